The number of aliphatic hydroxyl groups excluding tert-OH is 1. The lowest BCUT2D eigenvalue weighted by atomic mass is 9.94. The minimum Gasteiger partial charge on any atom is -0.496 e. The van der Waals surface area contributed by atoms with E-state index in [9.17, 15) is 5.11 Å². The van der Waals surface area contributed by atoms with Gasteiger partial charge in [-0.2, -0.15) is 0 Å². The highest BCUT2D eigenvalue weighted by atomic mass is 35.5. The first-order chi connectivity index (χ1) is 9.97. The van der Waals surface area contributed by atoms with Crippen LogP contribution in [0.25, 0.3) is 0 Å². The van der Waals surface area contributed by atoms with Gasteiger partial charge < -0.3 is 14.6 Å². The molecule has 0 heterocycles. The summed E-state index contributed by atoms with van der Waals surface area (Å²) < 4.78 is 10.7. The Hall–Kier alpha value is -1.71. The van der Waals surface area contributed by atoms with E-state index in [4.69, 9.17) is 21.1 Å². The van der Waals surface area contributed by atoms with Gasteiger partial charge in [-0.1, -0.05) is 17.7 Å². The molecule has 0 fully saturated rings. The molecule has 112 valence electrons. The Balaban J connectivity index is 2.59. The monoisotopic (exact) mass is 306 g/mol. The van der Waals surface area contributed by atoms with Crippen LogP contribution in [0.1, 0.15) is 28.4 Å². The average molecular weight is 307 g/mol. The first-order valence-electron chi connectivity index (χ1n) is 6.64. The van der Waals surface area contributed by atoms with E-state index in [0.29, 0.717) is 22.1 Å². The zero-order chi connectivity index (χ0) is 15.6. The van der Waals surface area contributed by atoms with Crippen molar-refractivity contribution in [3.63, 3.8) is 0 Å². The summed E-state index contributed by atoms with van der Waals surface area (Å²) in [5.74, 6) is 1.25. The van der Waals surface area contributed by atoms with Crippen molar-refractivity contribution in [2.75, 3.05) is 14.2 Å². The third-order valence-electron chi connectivity index (χ3n) is 3.47. The predicted octanol–water partition coefficient (Wildman–Crippen LogP) is 4.06. The minimum absolute atomic E-state index is 0.550. The van der Waals surface area contributed by atoms with Crippen LogP contribution in [0.15, 0.2) is 30.3 Å². The summed E-state index contributed by atoms with van der Waals surface area (Å²) in [5.41, 5.74) is 3.39. The Morgan fingerprint density at radius 3 is 2.29 bits per heavy atom. The zero-order valence-corrected chi connectivity index (χ0v) is 13.4. The highest BCUT2D eigenvalue weighted by Gasteiger charge is 2.22. The van der Waals surface area contributed by atoms with Gasteiger partial charge in [-0.25, -0.2) is 0 Å². The van der Waals surface area contributed by atoms with E-state index < -0.39 is 6.10 Å². The smallest absolute Gasteiger partial charge is 0.125 e. The second-order valence-corrected chi connectivity index (χ2v) is 5.42. The molecule has 2 aromatic carbocycles. The quantitative estimate of drug-likeness (QED) is 0.926. The molecular weight excluding hydrogens is 288 g/mol. The average Bonchev–Trinajstić information content (AvgIpc) is 2.45. The maximum Gasteiger partial charge on any atom is 0.125 e. The van der Waals surface area contributed by atoms with Crippen LogP contribution in [0, 0.1) is 13.8 Å². The molecule has 0 aromatic heterocycles. The van der Waals surface area contributed by atoms with E-state index in [2.05, 4.69) is 0 Å². The van der Waals surface area contributed by atoms with E-state index in [1.165, 1.54) is 0 Å². The molecule has 21 heavy (non-hydrogen) atoms. The van der Waals surface area contributed by atoms with Gasteiger partial charge in [0.15, 0.2) is 0 Å². The molecule has 0 saturated heterocycles. The maximum absolute atomic E-state index is 10.8. The van der Waals surface area contributed by atoms with Gasteiger partial charge in [0.2, 0.25) is 0 Å². The van der Waals surface area contributed by atoms with Crippen molar-refractivity contribution in [1.82, 2.24) is 0 Å². The summed E-state index contributed by atoms with van der Waals surface area (Å²) in [5, 5.41) is 11.3. The maximum atomic E-state index is 10.8. The van der Waals surface area contributed by atoms with Crippen LogP contribution in [-0.2, 0) is 0 Å². The van der Waals surface area contributed by atoms with E-state index in [-0.39, 0.29) is 0 Å². The molecule has 0 radical (unpaired) electrons. The fraction of sp³-hybridized carbons (Fsp3) is 0.294. The number of aryl methyl sites for hydroxylation is 2. The van der Waals surface area contributed by atoms with Gasteiger partial charge in [0.25, 0.3) is 0 Å². The van der Waals surface area contributed by atoms with Crippen molar-refractivity contribution in [2.24, 2.45) is 0 Å². The summed E-state index contributed by atoms with van der Waals surface area (Å²) in [6, 6.07) is 9.11. The first-order valence-corrected chi connectivity index (χ1v) is 7.02. The van der Waals surface area contributed by atoms with Gasteiger partial charge >= 0.3 is 0 Å². The third kappa shape index (κ3) is 3.14. The molecule has 1 atom stereocenters. The van der Waals surface area contributed by atoms with E-state index in [1.807, 2.05) is 26.0 Å². The van der Waals surface area contributed by atoms with Crippen LogP contribution in [-0.4, -0.2) is 19.3 Å². The number of hydrogen-bond acceptors (Lipinski definition) is 3. The molecule has 0 aliphatic heterocycles. The Morgan fingerprint density at radius 2 is 1.67 bits per heavy atom. The Morgan fingerprint density at radius 1 is 1.00 bits per heavy atom. The number of hydrogen-bond donors (Lipinski definition) is 1. The van der Waals surface area contributed by atoms with Gasteiger partial charge in [0.05, 0.1) is 14.2 Å². The predicted molar refractivity (Wildman–Crippen MR) is 84.5 cm³/mol. The standard InChI is InChI=1S/C17H19ClO3/c1-10-7-11(2)16(15(8-10)21-4)17(19)13-9-12(18)5-6-14(13)20-3/h5-9,17,19H,1-4H3. The molecule has 0 amide bonds. The summed E-state index contributed by atoms with van der Waals surface area (Å²) in [7, 11) is 3.17. The lowest BCUT2D eigenvalue weighted by Gasteiger charge is -2.20. The highest BCUT2D eigenvalue weighted by molar-refractivity contribution is 6.30. The second kappa shape index (κ2) is 6.37. The number of aliphatic hydroxyl groups is 1. The van der Waals surface area contributed by atoms with Crippen molar-refractivity contribution in [2.45, 2.75) is 20.0 Å². The number of ether oxygens (including phenoxy) is 2. The van der Waals surface area contributed by atoms with Crippen LogP contribution < -0.4 is 9.47 Å². The molecule has 0 saturated carbocycles. The summed E-state index contributed by atoms with van der Waals surface area (Å²) in [4.78, 5) is 0. The van der Waals surface area contributed by atoms with Gasteiger partial charge in [0.1, 0.15) is 17.6 Å². The molecule has 3 nitrogen and oxygen atoms in total. The summed E-state index contributed by atoms with van der Waals surface area (Å²) >= 11 is 6.05. The number of methoxy groups -OCH3 is 2. The number of halogens is 1. The normalized spacial score (nSPS) is 12.1. The van der Waals surface area contributed by atoms with E-state index >= 15 is 0 Å². The molecule has 2 rings (SSSR count). The zero-order valence-electron chi connectivity index (χ0n) is 12.6. The second-order valence-electron chi connectivity index (χ2n) is 4.99. The van der Waals surface area contributed by atoms with E-state index in [0.717, 1.165) is 16.7 Å². The highest BCUT2D eigenvalue weighted by Crippen LogP contribution is 2.38. The molecular formula is C17H19ClO3. The van der Waals surface area contributed by atoms with Gasteiger partial charge in [-0.05, 0) is 49.2 Å². The Kier molecular flexibility index (Phi) is 4.76. The van der Waals surface area contributed by atoms with Crippen molar-refractivity contribution < 1.29 is 14.6 Å². The molecule has 0 bridgehead atoms. The lowest BCUT2D eigenvalue weighted by Crippen LogP contribution is -2.07. The Bertz CT molecular complexity index is 653. The van der Waals surface area contributed by atoms with Crippen molar-refractivity contribution in [3.05, 3.63) is 57.6 Å². The van der Waals surface area contributed by atoms with E-state index in [1.54, 1.807) is 32.4 Å². The van der Waals surface area contributed by atoms with Crippen molar-refractivity contribution in [1.29, 1.82) is 0 Å². The van der Waals surface area contributed by atoms with Crippen LogP contribution >= 0.6 is 11.6 Å². The lowest BCUT2D eigenvalue weighted by molar-refractivity contribution is 0.208. The molecule has 1 N–H and O–H groups in total. The van der Waals surface area contributed by atoms with Crippen LogP contribution in [0.3, 0.4) is 0 Å². The van der Waals surface area contributed by atoms with Crippen LogP contribution in [0.2, 0.25) is 5.02 Å². The minimum atomic E-state index is -0.866. The fourth-order valence-electron chi connectivity index (χ4n) is 2.53. The van der Waals surface area contributed by atoms with Crippen molar-refractivity contribution >= 4 is 11.6 Å². The molecule has 0 aliphatic rings. The topological polar surface area (TPSA) is 38.7 Å². The van der Waals surface area contributed by atoms with Gasteiger partial charge in [0, 0.05) is 16.1 Å². The summed E-state index contributed by atoms with van der Waals surface area (Å²) in [6.45, 7) is 3.94. The van der Waals surface area contributed by atoms with Crippen LogP contribution in [0.4, 0.5) is 0 Å². The molecule has 1 unspecified atom stereocenters. The molecule has 2 aromatic rings. The number of benzene rings is 2. The largest absolute Gasteiger partial charge is 0.496 e. The van der Waals surface area contributed by atoms with Crippen LogP contribution in [0.5, 0.6) is 11.5 Å². The summed E-state index contributed by atoms with van der Waals surface area (Å²) in [6.07, 6.45) is -0.866. The van der Waals surface area contributed by atoms with Gasteiger partial charge in [-0.15, -0.1) is 0 Å². The SMILES string of the molecule is COc1ccc(Cl)cc1C(O)c1c(C)cc(C)cc1OC. The third-order valence-corrected chi connectivity index (χ3v) is 3.71. The molecule has 4 heteroatoms. The Labute approximate surface area is 130 Å². The van der Waals surface area contributed by atoms with Crippen molar-refractivity contribution in [3.8, 4) is 11.5 Å². The fourth-order valence-corrected chi connectivity index (χ4v) is 2.71. The molecule has 0 aliphatic carbocycles. The van der Waals surface area contributed by atoms with Gasteiger partial charge in [-0.3, -0.25) is 0 Å². The number of rotatable bonds is 4. The molecule has 0 spiro atoms. The first kappa shape index (κ1) is 15.7.